The first kappa shape index (κ1) is 28.5. The summed E-state index contributed by atoms with van der Waals surface area (Å²) in [7, 11) is 3.23. The second kappa shape index (κ2) is 13.1. The number of ether oxygens (including phenoxy) is 4. The highest BCUT2D eigenvalue weighted by molar-refractivity contribution is 7.99. The number of rotatable bonds is 10. The number of amides is 1. The molecule has 0 N–H and O–H groups in total. The zero-order chi connectivity index (χ0) is 28.8. The van der Waals surface area contributed by atoms with Crippen molar-refractivity contribution in [2.45, 2.75) is 37.6 Å². The van der Waals surface area contributed by atoms with Gasteiger partial charge in [0, 0.05) is 25.2 Å². The summed E-state index contributed by atoms with van der Waals surface area (Å²) in [5.74, 6) is 3.83. The summed E-state index contributed by atoms with van der Waals surface area (Å²) in [5.41, 5.74) is 1.86. The van der Waals surface area contributed by atoms with Crippen molar-refractivity contribution in [3.8, 4) is 28.7 Å². The van der Waals surface area contributed by atoms with Gasteiger partial charge >= 0.3 is 0 Å². The van der Waals surface area contributed by atoms with Crippen LogP contribution in [-0.2, 0) is 16.0 Å². The number of aromatic nitrogens is 3. The van der Waals surface area contributed by atoms with E-state index in [0.717, 1.165) is 28.6 Å². The fourth-order valence-electron chi connectivity index (χ4n) is 4.83. The first-order valence-corrected chi connectivity index (χ1v) is 14.5. The van der Waals surface area contributed by atoms with Crippen LogP contribution in [0.5, 0.6) is 23.0 Å². The van der Waals surface area contributed by atoms with Crippen molar-refractivity contribution in [2.75, 3.05) is 33.1 Å². The number of carbonyl (C=O) groups excluding carboxylic acids is 1. The fourth-order valence-corrected chi connectivity index (χ4v) is 5.70. The van der Waals surface area contributed by atoms with Gasteiger partial charge in [0.1, 0.15) is 17.3 Å². The van der Waals surface area contributed by atoms with Crippen LogP contribution in [0, 0.1) is 0 Å². The van der Waals surface area contributed by atoms with Crippen molar-refractivity contribution >= 4 is 17.7 Å². The van der Waals surface area contributed by atoms with Crippen LogP contribution in [0.2, 0.25) is 0 Å². The van der Waals surface area contributed by atoms with Gasteiger partial charge in [-0.1, -0.05) is 36.0 Å². The van der Waals surface area contributed by atoms with Crippen LogP contribution in [0.15, 0.2) is 78.0 Å². The zero-order valence-electron chi connectivity index (χ0n) is 23.6. The van der Waals surface area contributed by atoms with Gasteiger partial charge in [0.05, 0.1) is 32.2 Å². The molecule has 2 unspecified atom stereocenters. The maximum absolute atomic E-state index is 13.1. The lowest BCUT2D eigenvalue weighted by Gasteiger charge is -2.35. The van der Waals surface area contributed by atoms with E-state index < -0.39 is 0 Å². The Kier molecular flexibility index (Phi) is 9.11. The van der Waals surface area contributed by atoms with E-state index in [-0.39, 0.29) is 23.9 Å². The largest absolute Gasteiger partial charge is 0.493 e. The van der Waals surface area contributed by atoms with E-state index in [1.807, 2.05) is 96.1 Å². The molecule has 10 heteroatoms. The minimum atomic E-state index is 0.0149. The van der Waals surface area contributed by atoms with Gasteiger partial charge in [-0.15, -0.1) is 10.2 Å². The number of hydrogen-bond acceptors (Lipinski definition) is 8. The second-order valence-corrected chi connectivity index (χ2v) is 10.8. The summed E-state index contributed by atoms with van der Waals surface area (Å²) in [6, 6.07) is 23.2. The number of nitrogens with zero attached hydrogens (tertiary/aromatic N) is 4. The van der Waals surface area contributed by atoms with Crippen LogP contribution >= 0.6 is 11.8 Å². The lowest BCUT2D eigenvalue weighted by atomic mass is 10.1. The van der Waals surface area contributed by atoms with Crippen LogP contribution in [0.3, 0.4) is 0 Å². The molecule has 1 amide bonds. The SMILES string of the molecule is COc1ccc(Cc2nnc(SCC(=O)N3CC(C)OC(C)C3)n2-c2ccc(Oc3ccccc3)cc2)cc1OC. The number of thioether (sulfide) groups is 1. The maximum Gasteiger partial charge on any atom is 0.233 e. The van der Waals surface area contributed by atoms with E-state index >= 15 is 0 Å². The number of benzene rings is 3. The zero-order valence-corrected chi connectivity index (χ0v) is 24.5. The molecule has 3 aromatic carbocycles. The molecule has 0 radical (unpaired) electrons. The van der Waals surface area contributed by atoms with Crippen molar-refractivity contribution in [1.29, 1.82) is 0 Å². The highest BCUT2D eigenvalue weighted by Crippen LogP contribution is 2.31. The molecule has 214 valence electrons. The van der Waals surface area contributed by atoms with Gasteiger partial charge in [-0.2, -0.15) is 0 Å². The van der Waals surface area contributed by atoms with Gasteiger partial charge in [0.15, 0.2) is 16.7 Å². The van der Waals surface area contributed by atoms with Gasteiger partial charge in [0.25, 0.3) is 0 Å². The van der Waals surface area contributed by atoms with Crippen LogP contribution in [0.4, 0.5) is 0 Å². The topological polar surface area (TPSA) is 87.9 Å². The van der Waals surface area contributed by atoms with Crippen LogP contribution in [-0.4, -0.2) is 70.8 Å². The van der Waals surface area contributed by atoms with Crippen molar-refractivity contribution in [3.63, 3.8) is 0 Å². The number of morpholine rings is 1. The predicted octanol–water partition coefficient (Wildman–Crippen LogP) is 5.40. The Balaban J connectivity index is 1.40. The lowest BCUT2D eigenvalue weighted by Crippen LogP contribution is -2.48. The molecule has 41 heavy (non-hydrogen) atoms. The molecule has 5 rings (SSSR count). The highest BCUT2D eigenvalue weighted by atomic mass is 32.2. The second-order valence-electron chi connectivity index (χ2n) is 9.85. The van der Waals surface area contributed by atoms with Gasteiger partial charge in [-0.05, 0) is 67.9 Å². The molecular formula is C31H34N4O5S. The standard InChI is InChI=1S/C31H34N4O5S/c1-21-18-34(19-22(2)39-21)30(36)20-41-31-33-32-29(17-23-10-15-27(37-3)28(16-23)38-4)35(31)24-11-13-26(14-12-24)40-25-8-6-5-7-9-25/h5-16,21-22H,17-20H2,1-4H3. The number of methoxy groups -OCH3 is 2. The Morgan fingerprint density at radius 1 is 0.902 bits per heavy atom. The van der Waals surface area contributed by atoms with Crippen molar-refractivity contribution in [2.24, 2.45) is 0 Å². The maximum atomic E-state index is 13.1. The molecule has 4 aromatic rings. The smallest absolute Gasteiger partial charge is 0.233 e. The lowest BCUT2D eigenvalue weighted by molar-refractivity contribution is -0.140. The number of para-hydroxylation sites is 1. The van der Waals surface area contributed by atoms with E-state index in [1.165, 1.54) is 11.8 Å². The van der Waals surface area contributed by atoms with Gasteiger partial charge < -0.3 is 23.8 Å². The number of carbonyl (C=O) groups is 1. The average molecular weight is 575 g/mol. The summed E-state index contributed by atoms with van der Waals surface area (Å²) < 4.78 is 24.7. The average Bonchev–Trinajstić information content (AvgIpc) is 3.38. The minimum absolute atomic E-state index is 0.0149. The van der Waals surface area contributed by atoms with Crippen LogP contribution in [0.25, 0.3) is 5.69 Å². The Bertz CT molecular complexity index is 1450. The molecule has 1 aromatic heterocycles. The molecule has 9 nitrogen and oxygen atoms in total. The molecular weight excluding hydrogens is 540 g/mol. The van der Waals surface area contributed by atoms with Crippen LogP contribution in [0.1, 0.15) is 25.2 Å². The molecule has 1 fully saturated rings. The monoisotopic (exact) mass is 574 g/mol. The molecule has 2 atom stereocenters. The molecule has 1 aliphatic rings. The number of hydrogen-bond donors (Lipinski definition) is 0. The molecule has 0 saturated carbocycles. The molecule has 0 spiro atoms. The summed E-state index contributed by atoms with van der Waals surface area (Å²) in [4.78, 5) is 15.0. The summed E-state index contributed by atoms with van der Waals surface area (Å²) >= 11 is 1.38. The van der Waals surface area contributed by atoms with Crippen molar-refractivity contribution in [3.05, 3.63) is 84.2 Å². The van der Waals surface area contributed by atoms with Crippen molar-refractivity contribution in [1.82, 2.24) is 19.7 Å². The van der Waals surface area contributed by atoms with E-state index in [0.29, 0.717) is 36.2 Å². The predicted molar refractivity (Wildman–Crippen MR) is 158 cm³/mol. The summed E-state index contributed by atoms with van der Waals surface area (Å²) in [6.45, 7) is 5.16. The van der Waals surface area contributed by atoms with E-state index in [2.05, 4.69) is 10.2 Å². The third-order valence-electron chi connectivity index (χ3n) is 6.68. The first-order chi connectivity index (χ1) is 19.9. The fraction of sp³-hybridized carbons (Fsp3) is 0.323. The Morgan fingerprint density at radius 2 is 1.59 bits per heavy atom. The van der Waals surface area contributed by atoms with Gasteiger partial charge in [-0.3, -0.25) is 9.36 Å². The molecule has 1 aliphatic heterocycles. The molecule has 1 saturated heterocycles. The molecule has 0 bridgehead atoms. The summed E-state index contributed by atoms with van der Waals surface area (Å²) in [5, 5.41) is 9.67. The van der Waals surface area contributed by atoms with E-state index in [4.69, 9.17) is 18.9 Å². The minimum Gasteiger partial charge on any atom is -0.493 e. The van der Waals surface area contributed by atoms with Crippen molar-refractivity contribution < 1.29 is 23.7 Å². The third-order valence-corrected chi connectivity index (χ3v) is 7.60. The Labute approximate surface area is 244 Å². The Morgan fingerprint density at radius 3 is 2.27 bits per heavy atom. The van der Waals surface area contributed by atoms with Gasteiger partial charge in [0.2, 0.25) is 5.91 Å². The quantitative estimate of drug-likeness (QED) is 0.233. The van der Waals surface area contributed by atoms with Gasteiger partial charge in [-0.25, -0.2) is 0 Å². The highest BCUT2D eigenvalue weighted by Gasteiger charge is 2.26. The van der Waals surface area contributed by atoms with Crippen LogP contribution < -0.4 is 14.2 Å². The Hall–Kier alpha value is -4.02. The van der Waals surface area contributed by atoms with E-state index in [9.17, 15) is 4.79 Å². The molecule has 2 heterocycles. The molecule has 0 aliphatic carbocycles. The first-order valence-electron chi connectivity index (χ1n) is 13.5. The third kappa shape index (κ3) is 7.01. The summed E-state index contributed by atoms with van der Waals surface area (Å²) in [6.07, 6.45) is 0.532. The normalized spacial score (nSPS) is 16.8. The van der Waals surface area contributed by atoms with E-state index in [1.54, 1.807) is 14.2 Å².